The van der Waals surface area contributed by atoms with Crippen LogP contribution in [0.25, 0.3) is 6.08 Å². The van der Waals surface area contributed by atoms with Crippen LogP contribution in [0.4, 0.5) is 13.2 Å². The van der Waals surface area contributed by atoms with Crippen LogP contribution in [0.15, 0.2) is 24.8 Å². The van der Waals surface area contributed by atoms with E-state index in [4.69, 9.17) is 0 Å². The van der Waals surface area contributed by atoms with Crippen molar-refractivity contribution in [2.75, 3.05) is 26.7 Å². The molecular formula is C14H17F3N2. The number of nitrogens with zero attached hydrogens (tertiary/aromatic N) is 1. The first-order valence-corrected chi connectivity index (χ1v) is 6.18. The summed E-state index contributed by atoms with van der Waals surface area (Å²) in [5.74, 6) is 0. The van der Waals surface area contributed by atoms with Gasteiger partial charge in [0.25, 0.3) is 0 Å². The maximum atomic E-state index is 13.0. The highest BCUT2D eigenvalue weighted by Gasteiger charge is 2.35. The number of alkyl halides is 3. The average molecular weight is 270 g/mol. The van der Waals surface area contributed by atoms with E-state index in [0.717, 1.165) is 19.2 Å². The highest BCUT2D eigenvalue weighted by atomic mass is 19.4. The van der Waals surface area contributed by atoms with Gasteiger partial charge in [0.05, 0.1) is 5.56 Å². The van der Waals surface area contributed by atoms with Crippen LogP contribution in [0.2, 0.25) is 0 Å². The third-order valence-electron chi connectivity index (χ3n) is 3.52. The first-order chi connectivity index (χ1) is 8.95. The normalized spacial score (nSPS) is 21.4. The number of hydrogen-bond donors (Lipinski definition) is 1. The van der Waals surface area contributed by atoms with Gasteiger partial charge in [-0.1, -0.05) is 24.8 Å². The van der Waals surface area contributed by atoms with Crippen LogP contribution in [0, 0.1) is 0 Å². The van der Waals surface area contributed by atoms with Gasteiger partial charge in [-0.05, 0) is 24.2 Å². The lowest BCUT2D eigenvalue weighted by atomic mass is 9.93. The Morgan fingerprint density at radius 1 is 1.42 bits per heavy atom. The van der Waals surface area contributed by atoms with Gasteiger partial charge in [0.2, 0.25) is 0 Å². The minimum Gasteiger partial charge on any atom is -0.314 e. The fourth-order valence-electron chi connectivity index (χ4n) is 2.50. The molecule has 0 bridgehead atoms. The first kappa shape index (κ1) is 14.1. The third-order valence-corrected chi connectivity index (χ3v) is 3.52. The van der Waals surface area contributed by atoms with Gasteiger partial charge >= 0.3 is 6.18 Å². The summed E-state index contributed by atoms with van der Waals surface area (Å²) in [6, 6.07) is 4.27. The highest BCUT2D eigenvalue weighted by Crippen LogP contribution is 2.36. The van der Waals surface area contributed by atoms with Crippen LogP contribution in [0.5, 0.6) is 0 Å². The van der Waals surface area contributed by atoms with Gasteiger partial charge in [0.15, 0.2) is 0 Å². The molecule has 1 saturated heterocycles. The van der Waals surface area contributed by atoms with Gasteiger partial charge in [-0.3, -0.25) is 4.90 Å². The van der Waals surface area contributed by atoms with Crippen molar-refractivity contribution in [1.29, 1.82) is 0 Å². The number of hydrogen-bond acceptors (Lipinski definition) is 2. The van der Waals surface area contributed by atoms with Crippen LogP contribution < -0.4 is 5.32 Å². The molecule has 1 aliphatic rings. The Balaban J connectivity index is 2.48. The Bertz CT molecular complexity index is 468. The second kappa shape index (κ2) is 5.35. The van der Waals surface area contributed by atoms with Crippen molar-refractivity contribution in [3.8, 4) is 0 Å². The molecule has 0 aliphatic carbocycles. The molecule has 0 amide bonds. The zero-order chi connectivity index (χ0) is 14.0. The molecule has 1 atom stereocenters. The van der Waals surface area contributed by atoms with Crippen molar-refractivity contribution in [1.82, 2.24) is 10.2 Å². The minimum absolute atomic E-state index is 0.0518. The summed E-state index contributed by atoms with van der Waals surface area (Å²) in [5, 5.41) is 3.22. The van der Waals surface area contributed by atoms with Crippen molar-refractivity contribution in [2.45, 2.75) is 12.2 Å². The van der Waals surface area contributed by atoms with Gasteiger partial charge in [0, 0.05) is 25.7 Å². The van der Waals surface area contributed by atoms with Crippen molar-refractivity contribution >= 4 is 6.08 Å². The predicted octanol–water partition coefficient (Wildman–Crippen LogP) is 2.92. The van der Waals surface area contributed by atoms with Crippen LogP contribution in [-0.2, 0) is 6.18 Å². The maximum absolute atomic E-state index is 13.0. The van der Waals surface area contributed by atoms with Gasteiger partial charge in [-0.2, -0.15) is 13.2 Å². The standard InChI is InChI=1S/C14H17F3N2/c1-3-10-11(13-9-18-7-8-19(13)2)5-4-6-12(10)14(15,16)17/h3-6,13,18H,1,7-9H2,2H3. The van der Waals surface area contributed by atoms with Crippen molar-refractivity contribution in [3.63, 3.8) is 0 Å². The Morgan fingerprint density at radius 2 is 2.16 bits per heavy atom. The number of nitrogens with one attached hydrogen (secondary N) is 1. The number of likely N-dealkylation sites (N-methyl/N-ethyl adjacent to an activating group) is 1. The predicted molar refractivity (Wildman–Crippen MR) is 69.8 cm³/mol. The Kier molecular flexibility index (Phi) is 3.96. The highest BCUT2D eigenvalue weighted by molar-refractivity contribution is 5.58. The molecule has 0 spiro atoms. The van der Waals surface area contributed by atoms with E-state index >= 15 is 0 Å². The smallest absolute Gasteiger partial charge is 0.314 e. The van der Waals surface area contributed by atoms with Crippen LogP contribution in [0.1, 0.15) is 22.7 Å². The summed E-state index contributed by atoms with van der Waals surface area (Å²) >= 11 is 0. The number of benzene rings is 1. The van der Waals surface area contributed by atoms with E-state index in [9.17, 15) is 13.2 Å². The molecule has 1 aliphatic heterocycles. The molecule has 1 fully saturated rings. The molecule has 1 heterocycles. The molecule has 1 N–H and O–H groups in total. The van der Waals surface area contributed by atoms with Crippen molar-refractivity contribution in [3.05, 3.63) is 41.5 Å². The molecular weight excluding hydrogens is 253 g/mol. The van der Waals surface area contributed by atoms with E-state index in [2.05, 4.69) is 16.8 Å². The van der Waals surface area contributed by atoms with E-state index in [1.54, 1.807) is 6.07 Å². The van der Waals surface area contributed by atoms with E-state index in [0.29, 0.717) is 12.1 Å². The lowest BCUT2D eigenvalue weighted by molar-refractivity contribution is -0.137. The minimum atomic E-state index is -4.35. The van der Waals surface area contributed by atoms with Crippen LogP contribution >= 0.6 is 0 Å². The summed E-state index contributed by atoms with van der Waals surface area (Å²) < 4.78 is 39.0. The Morgan fingerprint density at radius 3 is 2.74 bits per heavy atom. The van der Waals surface area contributed by atoms with E-state index in [1.807, 2.05) is 7.05 Å². The zero-order valence-corrected chi connectivity index (χ0v) is 10.8. The Labute approximate surface area is 110 Å². The quantitative estimate of drug-likeness (QED) is 0.889. The van der Waals surface area contributed by atoms with Gasteiger partial charge in [0.1, 0.15) is 0 Å². The molecule has 0 saturated carbocycles. The first-order valence-electron chi connectivity index (χ1n) is 6.18. The molecule has 0 aromatic heterocycles. The van der Waals surface area contributed by atoms with Crippen molar-refractivity contribution in [2.24, 2.45) is 0 Å². The second-order valence-corrected chi connectivity index (χ2v) is 4.71. The average Bonchev–Trinajstić information content (AvgIpc) is 2.37. The molecule has 2 rings (SSSR count). The monoisotopic (exact) mass is 270 g/mol. The van der Waals surface area contributed by atoms with E-state index in [-0.39, 0.29) is 11.6 Å². The number of rotatable bonds is 2. The van der Waals surface area contributed by atoms with Gasteiger partial charge < -0.3 is 5.32 Å². The molecule has 1 unspecified atom stereocenters. The van der Waals surface area contributed by atoms with Crippen LogP contribution in [-0.4, -0.2) is 31.6 Å². The summed E-state index contributed by atoms with van der Waals surface area (Å²) in [6.45, 7) is 5.87. The number of piperazine rings is 1. The molecule has 104 valence electrons. The molecule has 19 heavy (non-hydrogen) atoms. The SMILES string of the molecule is C=Cc1c(C2CNCCN2C)cccc1C(F)(F)F. The summed E-state index contributed by atoms with van der Waals surface area (Å²) in [4.78, 5) is 2.07. The van der Waals surface area contributed by atoms with Gasteiger partial charge in [-0.15, -0.1) is 0 Å². The van der Waals surface area contributed by atoms with E-state index < -0.39 is 11.7 Å². The molecule has 0 radical (unpaired) electrons. The summed E-state index contributed by atoms with van der Waals surface area (Å²) in [7, 11) is 1.93. The topological polar surface area (TPSA) is 15.3 Å². The van der Waals surface area contributed by atoms with Crippen molar-refractivity contribution < 1.29 is 13.2 Å². The molecule has 1 aromatic rings. The third kappa shape index (κ3) is 2.82. The Hall–Kier alpha value is -1.33. The molecule has 5 heteroatoms. The van der Waals surface area contributed by atoms with Crippen LogP contribution in [0.3, 0.4) is 0 Å². The summed E-state index contributed by atoms with van der Waals surface area (Å²) in [5.41, 5.74) is 0.258. The lowest BCUT2D eigenvalue weighted by Crippen LogP contribution is -2.44. The molecule has 1 aromatic carbocycles. The number of halogens is 3. The summed E-state index contributed by atoms with van der Waals surface area (Å²) in [6.07, 6.45) is -3.04. The maximum Gasteiger partial charge on any atom is 0.416 e. The zero-order valence-electron chi connectivity index (χ0n) is 10.8. The lowest BCUT2D eigenvalue weighted by Gasteiger charge is -2.34. The fraction of sp³-hybridized carbons (Fsp3) is 0.429. The molecule has 2 nitrogen and oxygen atoms in total. The van der Waals surface area contributed by atoms with E-state index in [1.165, 1.54) is 12.1 Å². The second-order valence-electron chi connectivity index (χ2n) is 4.71. The fourth-order valence-corrected chi connectivity index (χ4v) is 2.50. The largest absolute Gasteiger partial charge is 0.416 e. The van der Waals surface area contributed by atoms with Gasteiger partial charge in [-0.25, -0.2) is 0 Å².